The molecule has 0 nitrogen and oxygen atoms in total. The van der Waals surface area contributed by atoms with Gasteiger partial charge in [-0.3, -0.25) is 0 Å². The molecule has 1 heteroatoms. The molecule has 7 heavy (non-hydrogen) atoms. The van der Waals surface area contributed by atoms with E-state index in [1.54, 1.807) is 0 Å². The Morgan fingerprint density at radius 3 is 2.57 bits per heavy atom. The van der Waals surface area contributed by atoms with Crippen molar-refractivity contribution in [2.75, 3.05) is 0 Å². The average Bonchev–Trinajstić information content (AvgIpc) is 1.69. The summed E-state index contributed by atoms with van der Waals surface area (Å²) in [6.07, 6.45) is 8.38. The second-order valence-electron chi connectivity index (χ2n) is 1.19. The maximum absolute atomic E-state index is 5.15. The van der Waals surface area contributed by atoms with Gasteiger partial charge in [0.1, 0.15) is 0 Å². The predicted molar refractivity (Wildman–Crippen MR) is 34.5 cm³/mol. The molecule has 2 radical (unpaired) electrons. The van der Waals surface area contributed by atoms with Crippen molar-refractivity contribution in [1.82, 2.24) is 0 Å². The van der Waals surface area contributed by atoms with Gasteiger partial charge in [0.15, 0.2) is 0 Å². The fourth-order valence-electron chi connectivity index (χ4n) is 0.268. The molecule has 0 aliphatic heterocycles. The Morgan fingerprint density at radius 2 is 2.14 bits per heavy atom. The molecule has 0 unspecified atom stereocenters. The molecule has 0 rings (SSSR count). The van der Waals surface area contributed by atoms with Crippen LogP contribution in [0.4, 0.5) is 0 Å². The molecule has 0 aromatic rings. The van der Waals surface area contributed by atoms with Gasteiger partial charge in [-0.15, -0.1) is 0 Å². The van der Waals surface area contributed by atoms with Gasteiger partial charge < -0.3 is 0 Å². The van der Waals surface area contributed by atoms with Gasteiger partial charge in [-0.05, 0) is 6.92 Å². The van der Waals surface area contributed by atoms with Crippen LogP contribution in [0.25, 0.3) is 0 Å². The molecular weight excluding hydrogens is 82.9 g/mol. The lowest BCUT2D eigenvalue weighted by Gasteiger charge is -1.70. The number of allylic oxidation sites excluding steroid dienone is 4. The molecule has 0 fully saturated rings. The van der Waals surface area contributed by atoms with Crippen LogP contribution in [0.15, 0.2) is 24.3 Å². The third kappa shape index (κ3) is 5.54. The van der Waals surface area contributed by atoms with Crippen molar-refractivity contribution >= 4 is 7.85 Å². The van der Waals surface area contributed by atoms with Crippen LogP contribution in [0.2, 0.25) is 6.32 Å². The summed E-state index contributed by atoms with van der Waals surface area (Å²) in [5.74, 6) is 0. The molecule has 0 heterocycles. The van der Waals surface area contributed by atoms with Crippen LogP contribution in [0.1, 0.15) is 6.92 Å². The smallest absolute Gasteiger partial charge is 0.0708 e. The number of hydrogen-bond donors (Lipinski definition) is 0. The van der Waals surface area contributed by atoms with Gasteiger partial charge in [0.25, 0.3) is 0 Å². The first kappa shape index (κ1) is 6.54. The third-order valence-electron chi connectivity index (χ3n) is 0.576. The zero-order valence-corrected chi connectivity index (χ0v) is 4.59. The van der Waals surface area contributed by atoms with Gasteiger partial charge >= 0.3 is 0 Å². The first-order chi connectivity index (χ1) is 3.41. The molecule has 0 spiro atoms. The van der Waals surface area contributed by atoms with E-state index in [1.165, 1.54) is 0 Å². The molecule has 0 aromatic carbocycles. The molecule has 0 atom stereocenters. The zero-order chi connectivity index (χ0) is 5.54. The van der Waals surface area contributed by atoms with Gasteiger partial charge in [0, 0.05) is 0 Å². The van der Waals surface area contributed by atoms with Crippen molar-refractivity contribution in [3.05, 3.63) is 24.3 Å². The lowest BCUT2D eigenvalue weighted by molar-refractivity contribution is 1.67. The molecular formula is C6H9B. The fraction of sp³-hybridized carbons (Fsp3) is 0.333. The van der Waals surface area contributed by atoms with Crippen LogP contribution in [0.5, 0.6) is 0 Å². The Bertz CT molecular complexity index is 72.2. The minimum Gasteiger partial charge on any atom is -0.0931 e. The highest BCUT2D eigenvalue weighted by Crippen LogP contribution is 1.77. The van der Waals surface area contributed by atoms with Crippen molar-refractivity contribution < 1.29 is 0 Å². The molecule has 0 saturated heterocycles. The summed E-state index contributed by atoms with van der Waals surface area (Å²) in [7, 11) is 5.15. The van der Waals surface area contributed by atoms with Crippen molar-refractivity contribution in [2.45, 2.75) is 13.2 Å². The van der Waals surface area contributed by atoms with Crippen molar-refractivity contribution in [3.8, 4) is 0 Å². The van der Waals surface area contributed by atoms with Crippen molar-refractivity contribution in [3.63, 3.8) is 0 Å². The molecule has 36 valence electrons. The predicted octanol–water partition coefficient (Wildman–Crippen LogP) is 1.71. The van der Waals surface area contributed by atoms with Gasteiger partial charge in [0.05, 0.1) is 7.85 Å². The summed E-state index contributed by atoms with van der Waals surface area (Å²) >= 11 is 0. The Morgan fingerprint density at radius 1 is 1.43 bits per heavy atom. The van der Waals surface area contributed by atoms with E-state index in [9.17, 15) is 0 Å². The summed E-state index contributed by atoms with van der Waals surface area (Å²) in [5.41, 5.74) is 0. The highest BCUT2D eigenvalue weighted by molar-refractivity contribution is 6.09. The maximum atomic E-state index is 5.15. The third-order valence-corrected chi connectivity index (χ3v) is 0.576. The second-order valence-corrected chi connectivity index (χ2v) is 1.19. The molecule has 0 aliphatic carbocycles. The Hall–Kier alpha value is -0.455. The van der Waals surface area contributed by atoms with Crippen LogP contribution in [0.3, 0.4) is 0 Å². The largest absolute Gasteiger partial charge is 0.0931 e. The Kier molecular flexibility index (Phi) is 5.18. The Balaban J connectivity index is 3.09. The zero-order valence-electron chi connectivity index (χ0n) is 4.59. The van der Waals surface area contributed by atoms with E-state index in [4.69, 9.17) is 7.85 Å². The normalized spacial score (nSPS) is 11.6. The van der Waals surface area contributed by atoms with E-state index in [1.807, 2.05) is 31.2 Å². The van der Waals surface area contributed by atoms with E-state index < -0.39 is 0 Å². The summed E-state index contributed by atoms with van der Waals surface area (Å²) in [6.45, 7) is 1.97. The summed E-state index contributed by atoms with van der Waals surface area (Å²) < 4.78 is 0. The van der Waals surface area contributed by atoms with Crippen LogP contribution in [0, 0.1) is 0 Å². The average molecular weight is 92.0 g/mol. The summed E-state index contributed by atoms with van der Waals surface area (Å²) in [4.78, 5) is 0. The van der Waals surface area contributed by atoms with E-state index in [2.05, 4.69) is 0 Å². The monoisotopic (exact) mass is 92.1 g/mol. The number of hydrogen-bond acceptors (Lipinski definition) is 0. The van der Waals surface area contributed by atoms with E-state index >= 15 is 0 Å². The highest BCUT2D eigenvalue weighted by atomic mass is 13.6. The minimum absolute atomic E-state index is 0.629. The van der Waals surface area contributed by atoms with E-state index in [-0.39, 0.29) is 0 Å². The van der Waals surface area contributed by atoms with E-state index in [0.29, 0.717) is 6.32 Å². The Labute approximate surface area is 46.3 Å². The molecule has 0 aromatic heterocycles. The van der Waals surface area contributed by atoms with E-state index in [0.717, 1.165) is 0 Å². The lowest BCUT2D eigenvalue weighted by Crippen LogP contribution is -1.54. The fourth-order valence-corrected chi connectivity index (χ4v) is 0.268. The van der Waals surface area contributed by atoms with Gasteiger partial charge in [0.2, 0.25) is 0 Å². The lowest BCUT2D eigenvalue weighted by atomic mass is 10.1. The summed E-state index contributed by atoms with van der Waals surface area (Å²) in [6, 6.07) is 0. The first-order valence-electron chi connectivity index (χ1n) is 2.39. The van der Waals surface area contributed by atoms with Crippen molar-refractivity contribution in [2.24, 2.45) is 0 Å². The van der Waals surface area contributed by atoms with Gasteiger partial charge in [-0.2, -0.15) is 0 Å². The molecule has 0 amide bonds. The maximum Gasteiger partial charge on any atom is 0.0708 e. The van der Waals surface area contributed by atoms with Crippen LogP contribution < -0.4 is 0 Å². The highest BCUT2D eigenvalue weighted by Gasteiger charge is 1.58. The quantitative estimate of drug-likeness (QED) is 0.359. The van der Waals surface area contributed by atoms with Gasteiger partial charge in [-0.25, -0.2) is 0 Å². The molecule has 0 bridgehead atoms. The molecule has 0 N–H and O–H groups in total. The molecule has 0 saturated carbocycles. The van der Waals surface area contributed by atoms with Crippen LogP contribution >= 0.6 is 0 Å². The standard InChI is InChI=1S/C6H9B/c1-2-3-4-5-6-7/h2-5H,6H2,1H3/b3-2+,5-4+. The first-order valence-corrected chi connectivity index (χ1v) is 2.39. The summed E-state index contributed by atoms with van der Waals surface area (Å²) in [5, 5.41) is 0. The molecule has 0 aliphatic rings. The second kappa shape index (κ2) is 5.54. The van der Waals surface area contributed by atoms with Crippen LogP contribution in [-0.2, 0) is 0 Å². The SMILES string of the molecule is [B]C/C=C/C=C/C. The minimum atomic E-state index is 0.629. The van der Waals surface area contributed by atoms with Gasteiger partial charge in [-0.1, -0.05) is 30.6 Å². The number of rotatable bonds is 2. The van der Waals surface area contributed by atoms with Crippen molar-refractivity contribution in [1.29, 1.82) is 0 Å². The topological polar surface area (TPSA) is 0 Å². The van der Waals surface area contributed by atoms with Crippen LogP contribution in [-0.4, -0.2) is 7.85 Å².